The molecule has 1 aromatic rings. The molecule has 0 radical (unpaired) electrons. The third-order valence-electron chi connectivity index (χ3n) is 3.21. The van der Waals surface area contributed by atoms with Gasteiger partial charge in [0.15, 0.2) is 0 Å². The smallest absolute Gasteiger partial charge is 0.0585 e. The SMILES string of the molecule is CC(C)Cc1ccncc1N1CCCCC1. The summed E-state index contributed by atoms with van der Waals surface area (Å²) < 4.78 is 0. The maximum Gasteiger partial charge on any atom is 0.0585 e. The molecule has 0 unspecified atom stereocenters. The van der Waals surface area contributed by atoms with Crippen molar-refractivity contribution in [2.75, 3.05) is 18.0 Å². The van der Waals surface area contributed by atoms with Crippen LogP contribution in [0, 0.1) is 5.92 Å². The summed E-state index contributed by atoms with van der Waals surface area (Å²) in [5.41, 5.74) is 2.84. The summed E-state index contributed by atoms with van der Waals surface area (Å²) in [6.45, 7) is 6.97. The fraction of sp³-hybridized carbons (Fsp3) is 0.643. The van der Waals surface area contributed by atoms with Crippen molar-refractivity contribution < 1.29 is 0 Å². The van der Waals surface area contributed by atoms with E-state index >= 15 is 0 Å². The molecule has 1 aliphatic rings. The molecule has 0 aromatic carbocycles. The Hall–Kier alpha value is -1.05. The maximum atomic E-state index is 4.29. The van der Waals surface area contributed by atoms with Crippen LogP contribution in [0.3, 0.4) is 0 Å². The highest BCUT2D eigenvalue weighted by atomic mass is 15.1. The molecular weight excluding hydrogens is 196 g/mol. The van der Waals surface area contributed by atoms with Gasteiger partial charge in [0.05, 0.1) is 11.9 Å². The van der Waals surface area contributed by atoms with E-state index in [1.165, 1.54) is 43.6 Å². The molecule has 0 spiro atoms. The van der Waals surface area contributed by atoms with E-state index in [2.05, 4.69) is 29.8 Å². The molecule has 0 aliphatic carbocycles. The Morgan fingerprint density at radius 1 is 1.25 bits per heavy atom. The largest absolute Gasteiger partial charge is 0.370 e. The average molecular weight is 218 g/mol. The third kappa shape index (κ3) is 2.75. The van der Waals surface area contributed by atoms with Gasteiger partial charge in [-0.2, -0.15) is 0 Å². The second-order valence-corrected chi connectivity index (χ2v) is 5.15. The zero-order valence-electron chi connectivity index (χ0n) is 10.4. The van der Waals surface area contributed by atoms with E-state index in [0.717, 1.165) is 6.42 Å². The van der Waals surface area contributed by atoms with E-state index in [-0.39, 0.29) is 0 Å². The van der Waals surface area contributed by atoms with Crippen LogP contribution in [0.1, 0.15) is 38.7 Å². The summed E-state index contributed by atoms with van der Waals surface area (Å²) in [5, 5.41) is 0. The van der Waals surface area contributed by atoms with Crippen molar-refractivity contribution in [3.8, 4) is 0 Å². The number of piperidine rings is 1. The van der Waals surface area contributed by atoms with E-state index < -0.39 is 0 Å². The van der Waals surface area contributed by atoms with Crippen molar-refractivity contribution in [2.24, 2.45) is 5.92 Å². The summed E-state index contributed by atoms with van der Waals surface area (Å²) in [4.78, 5) is 6.79. The Balaban J connectivity index is 2.17. The van der Waals surface area contributed by atoms with Gasteiger partial charge >= 0.3 is 0 Å². The van der Waals surface area contributed by atoms with Crippen LogP contribution < -0.4 is 4.90 Å². The van der Waals surface area contributed by atoms with Gasteiger partial charge in [-0.15, -0.1) is 0 Å². The highest BCUT2D eigenvalue weighted by molar-refractivity contribution is 5.52. The van der Waals surface area contributed by atoms with Crippen LogP contribution in [-0.4, -0.2) is 18.1 Å². The van der Waals surface area contributed by atoms with Gasteiger partial charge < -0.3 is 4.90 Å². The van der Waals surface area contributed by atoms with Gasteiger partial charge in [0.2, 0.25) is 0 Å². The predicted octanol–water partition coefficient (Wildman–Crippen LogP) is 3.27. The molecule has 0 bridgehead atoms. The van der Waals surface area contributed by atoms with Gasteiger partial charge in [0.1, 0.15) is 0 Å². The Morgan fingerprint density at radius 2 is 2.00 bits per heavy atom. The fourth-order valence-corrected chi connectivity index (χ4v) is 2.45. The van der Waals surface area contributed by atoms with Crippen molar-refractivity contribution in [3.63, 3.8) is 0 Å². The minimum absolute atomic E-state index is 0.714. The monoisotopic (exact) mass is 218 g/mol. The molecule has 1 aliphatic heterocycles. The second kappa shape index (κ2) is 5.33. The Morgan fingerprint density at radius 3 is 2.69 bits per heavy atom. The van der Waals surface area contributed by atoms with Crippen LogP contribution in [0.15, 0.2) is 18.5 Å². The average Bonchev–Trinajstić information content (AvgIpc) is 2.30. The molecule has 2 heteroatoms. The minimum Gasteiger partial charge on any atom is -0.370 e. The highest BCUT2D eigenvalue weighted by Crippen LogP contribution is 2.24. The Kier molecular flexibility index (Phi) is 3.81. The van der Waals surface area contributed by atoms with Gasteiger partial charge in [-0.25, -0.2) is 0 Å². The molecule has 2 nitrogen and oxygen atoms in total. The standard InChI is InChI=1S/C14H22N2/c1-12(2)10-13-6-7-15-11-14(13)16-8-4-3-5-9-16/h6-7,11-12H,3-5,8-10H2,1-2H3. The minimum atomic E-state index is 0.714. The fourth-order valence-electron chi connectivity index (χ4n) is 2.45. The van der Waals surface area contributed by atoms with Crippen molar-refractivity contribution in [2.45, 2.75) is 39.5 Å². The van der Waals surface area contributed by atoms with Crippen LogP contribution >= 0.6 is 0 Å². The quantitative estimate of drug-likeness (QED) is 0.774. The van der Waals surface area contributed by atoms with Gasteiger partial charge in [0.25, 0.3) is 0 Å². The molecule has 1 aromatic heterocycles. The summed E-state index contributed by atoms with van der Waals surface area (Å²) in [6, 6.07) is 2.18. The van der Waals surface area contributed by atoms with Crippen molar-refractivity contribution in [1.82, 2.24) is 4.98 Å². The first-order valence-electron chi connectivity index (χ1n) is 6.45. The zero-order chi connectivity index (χ0) is 11.4. The van der Waals surface area contributed by atoms with Gasteiger partial charge in [-0.3, -0.25) is 4.98 Å². The van der Waals surface area contributed by atoms with Crippen LogP contribution in [-0.2, 0) is 6.42 Å². The molecule has 0 atom stereocenters. The second-order valence-electron chi connectivity index (χ2n) is 5.15. The molecule has 0 amide bonds. The number of rotatable bonds is 3. The van der Waals surface area contributed by atoms with Crippen molar-refractivity contribution >= 4 is 5.69 Å². The summed E-state index contributed by atoms with van der Waals surface area (Å²) in [7, 11) is 0. The van der Waals surface area contributed by atoms with Crippen LogP contribution in [0.4, 0.5) is 5.69 Å². The Bertz CT molecular complexity index is 327. The number of anilines is 1. The number of hydrogen-bond acceptors (Lipinski definition) is 2. The first-order chi connectivity index (χ1) is 7.77. The van der Waals surface area contributed by atoms with E-state index in [4.69, 9.17) is 0 Å². The van der Waals surface area contributed by atoms with E-state index in [0.29, 0.717) is 5.92 Å². The first kappa shape index (κ1) is 11.4. The number of nitrogens with zero attached hydrogens (tertiary/aromatic N) is 2. The molecule has 2 rings (SSSR count). The lowest BCUT2D eigenvalue weighted by molar-refractivity contribution is 0.572. The lowest BCUT2D eigenvalue weighted by atomic mass is 10.0. The zero-order valence-corrected chi connectivity index (χ0v) is 10.4. The molecule has 88 valence electrons. The molecule has 0 N–H and O–H groups in total. The topological polar surface area (TPSA) is 16.1 Å². The van der Waals surface area contributed by atoms with Gasteiger partial charge in [-0.05, 0) is 43.2 Å². The van der Waals surface area contributed by atoms with Crippen LogP contribution in [0.25, 0.3) is 0 Å². The van der Waals surface area contributed by atoms with E-state index in [1.54, 1.807) is 0 Å². The number of pyridine rings is 1. The van der Waals surface area contributed by atoms with E-state index in [9.17, 15) is 0 Å². The van der Waals surface area contributed by atoms with Crippen LogP contribution in [0.5, 0.6) is 0 Å². The van der Waals surface area contributed by atoms with Crippen LogP contribution in [0.2, 0.25) is 0 Å². The molecule has 1 fully saturated rings. The van der Waals surface area contributed by atoms with Gasteiger partial charge in [0, 0.05) is 19.3 Å². The summed E-state index contributed by atoms with van der Waals surface area (Å²) in [6.07, 6.45) is 9.17. The molecule has 0 saturated carbocycles. The lowest BCUT2D eigenvalue weighted by Gasteiger charge is -2.30. The molecule has 1 saturated heterocycles. The third-order valence-corrected chi connectivity index (χ3v) is 3.21. The lowest BCUT2D eigenvalue weighted by Crippen LogP contribution is -2.30. The number of aromatic nitrogens is 1. The predicted molar refractivity (Wildman–Crippen MR) is 68.8 cm³/mol. The summed E-state index contributed by atoms with van der Waals surface area (Å²) in [5.74, 6) is 0.714. The summed E-state index contributed by atoms with van der Waals surface area (Å²) >= 11 is 0. The number of hydrogen-bond donors (Lipinski definition) is 0. The van der Waals surface area contributed by atoms with E-state index in [1.807, 2.05) is 12.4 Å². The highest BCUT2D eigenvalue weighted by Gasteiger charge is 2.14. The van der Waals surface area contributed by atoms with Crippen molar-refractivity contribution in [1.29, 1.82) is 0 Å². The normalized spacial score (nSPS) is 16.8. The Labute approximate surface area is 98.7 Å². The van der Waals surface area contributed by atoms with Gasteiger partial charge in [-0.1, -0.05) is 13.8 Å². The maximum absolute atomic E-state index is 4.29. The first-order valence-corrected chi connectivity index (χ1v) is 6.45. The molecular formula is C14H22N2. The van der Waals surface area contributed by atoms with Crippen molar-refractivity contribution in [3.05, 3.63) is 24.0 Å². The molecule has 2 heterocycles. The molecule has 16 heavy (non-hydrogen) atoms.